The van der Waals surface area contributed by atoms with Gasteiger partial charge >= 0.3 is 0 Å². The van der Waals surface area contributed by atoms with Crippen molar-refractivity contribution in [3.8, 4) is 0 Å². The lowest BCUT2D eigenvalue weighted by molar-refractivity contribution is -0.123. The molecule has 0 heterocycles. The van der Waals surface area contributed by atoms with Crippen LogP contribution in [0.25, 0.3) is 0 Å². The summed E-state index contributed by atoms with van der Waals surface area (Å²) < 4.78 is 5.50. The molecular formula is C15H20ClNO2. The fraction of sp³-hybridized carbons (Fsp3) is 0.533. The molecule has 1 unspecified atom stereocenters. The molecule has 1 aliphatic carbocycles. The Balaban J connectivity index is 1.57. The molecule has 1 amide bonds. The second kappa shape index (κ2) is 5.93. The van der Waals surface area contributed by atoms with Gasteiger partial charge in [-0.05, 0) is 29.5 Å². The molecule has 1 saturated carbocycles. The van der Waals surface area contributed by atoms with Crippen LogP contribution in [-0.4, -0.2) is 19.1 Å². The second-order valence-corrected chi connectivity index (χ2v) is 6.15. The zero-order chi connectivity index (χ0) is 13.9. The number of amides is 1. The largest absolute Gasteiger partial charge is 0.375 e. The maximum Gasteiger partial charge on any atom is 0.223 e. The predicted molar refractivity (Wildman–Crippen MR) is 76.0 cm³/mol. The zero-order valence-electron chi connectivity index (χ0n) is 11.4. The Morgan fingerprint density at radius 3 is 2.63 bits per heavy atom. The van der Waals surface area contributed by atoms with Crippen molar-refractivity contribution in [1.82, 2.24) is 5.32 Å². The third-order valence-corrected chi connectivity index (χ3v) is 3.81. The molecule has 0 spiro atoms. The van der Waals surface area contributed by atoms with Gasteiger partial charge in [-0.15, -0.1) is 0 Å². The number of hydrogen-bond acceptors (Lipinski definition) is 2. The van der Waals surface area contributed by atoms with E-state index in [1.54, 1.807) is 0 Å². The van der Waals surface area contributed by atoms with Crippen LogP contribution in [0, 0.1) is 11.3 Å². The quantitative estimate of drug-likeness (QED) is 0.814. The summed E-state index contributed by atoms with van der Waals surface area (Å²) in [6, 6.07) is 7.57. The number of carbonyl (C=O) groups excluding carboxylic acids is 1. The van der Waals surface area contributed by atoms with E-state index in [4.69, 9.17) is 16.3 Å². The van der Waals surface area contributed by atoms with E-state index in [-0.39, 0.29) is 17.2 Å². The molecular weight excluding hydrogens is 262 g/mol. The molecule has 1 fully saturated rings. The maximum atomic E-state index is 11.7. The number of hydrogen-bond donors (Lipinski definition) is 1. The summed E-state index contributed by atoms with van der Waals surface area (Å²) in [6.45, 7) is 5.88. The van der Waals surface area contributed by atoms with E-state index in [0.29, 0.717) is 19.8 Å². The van der Waals surface area contributed by atoms with Gasteiger partial charge in [0.05, 0.1) is 13.2 Å². The summed E-state index contributed by atoms with van der Waals surface area (Å²) in [5.74, 6) is 0.337. The second-order valence-electron chi connectivity index (χ2n) is 5.72. The van der Waals surface area contributed by atoms with Crippen LogP contribution >= 0.6 is 11.6 Å². The van der Waals surface area contributed by atoms with Crippen molar-refractivity contribution in [1.29, 1.82) is 0 Å². The van der Waals surface area contributed by atoms with Crippen molar-refractivity contribution in [2.24, 2.45) is 11.3 Å². The highest BCUT2D eigenvalue weighted by atomic mass is 35.5. The Bertz CT molecular complexity index is 442. The van der Waals surface area contributed by atoms with Crippen molar-refractivity contribution in [2.75, 3.05) is 13.2 Å². The summed E-state index contributed by atoms with van der Waals surface area (Å²) in [5.41, 5.74) is 1.27. The number of carbonyl (C=O) groups is 1. The summed E-state index contributed by atoms with van der Waals surface area (Å²) in [5, 5.41) is 3.64. The minimum absolute atomic E-state index is 0.153. The molecule has 1 aromatic rings. The van der Waals surface area contributed by atoms with Crippen molar-refractivity contribution in [2.45, 2.75) is 26.9 Å². The van der Waals surface area contributed by atoms with Crippen molar-refractivity contribution in [3.63, 3.8) is 0 Å². The van der Waals surface area contributed by atoms with Gasteiger partial charge in [0, 0.05) is 17.5 Å². The highest BCUT2D eigenvalue weighted by Crippen LogP contribution is 2.51. The van der Waals surface area contributed by atoms with Crippen molar-refractivity contribution in [3.05, 3.63) is 34.9 Å². The van der Waals surface area contributed by atoms with E-state index in [0.717, 1.165) is 17.0 Å². The average molecular weight is 282 g/mol. The summed E-state index contributed by atoms with van der Waals surface area (Å²) in [7, 11) is 0. The molecule has 2 rings (SSSR count). The smallest absolute Gasteiger partial charge is 0.223 e. The Hall–Kier alpha value is -1.06. The lowest BCUT2D eigenvalue weighted by Crippen LogP contribution is -2.29. The van der Waals surface area contributed by atoms with Gasteiger partial charge in [0.1, 0.15) is 0 Å². The Morgan fingerprint density at radius 1 is 1.42 bits per heavy atom. The van der Waals surface area contributed by atoms with Crippen LogP contribution in [0.15, 0.2) is 24.3 Å². The van der Waals surface area contributed by atoms with Gasteiger partial charge < -0.3 is 10.1 Å². The molecule has 0 saturated heterocycles. The van der Waals surface area contributed by atoms with Crippen LogP contribution in [-0.2, 0) is 16.1 Å². The molecule has 1 aromatic carbocycles. The zero-order valence-corrected chi connectivity index (χ0v) is 12.2. The van der Waals surface area contributed by atoms with E-state index in [1.165, 1.54) is 0 Å². The number of ether oxygens (including phenoxy) is 1. The van der Waals surface area contributed by atoms with E-state index in [2.05, 4.69) is 19.2 Å². The first-order chi connectivity index (χ1) is 8.99. The van der Waals surface area contributed by atoms with E-state index in [9.17, 15) is 4.79 Å². The average Bonchev–Trinajstić information content (AvgIpc) is 3.00. The number of halogens is 1. The van der Waals surface area contributed by atoms with Gasteiger partial charge in [-0.2, -0.15) is 0 Å². The highest BCUT2D eigenvalue weighted by molar-refractivity contribution is 6.30. The first-order valence-corrected chi connectivity index (χ1v) is 6.97. The van der Waals surface area contributed by atoms with Gasteiger partial charge in [0.25, 0.3) is 0 Å². The van der Waals surface area contributed by atoms with Gasteiger partial charge in [-0.1, -0.05) is 37.6 Å². The van der Waals surface area contributed by atoms with Crippen LogP contribution < -0.4 is 5.32 Å². The van der Waals surface area contributed by atoms with Crippen LogP contribution in [0.1, 0.15) is 25.8 Å². The molecule has 1 N–H and O–H groups in total. The number of rotatable bonds is 6. The van der Waals surface area contributed by atoms with E-state index >= 15 is 0 Å². The molecule has 0 radical (unpaired) electrons. The number of benzene rings is 1. The lowest BCUT2D eigenvalue weighted by atomic mass is 10.1. The van der Waals surface area contributed by atoms with Crippen LogP contribution in [0.3, 0.4) is 0 Å². The molecule has 4 heteroatoms. The topological polar surface area (TPSA) is 38.3 Å². The summed E-state index contributed by atoms with van der Waals surface area (Å²) >= 11 is 5.80. The van der Waals surface area contributed by atoms with E-state index < -0.39 is 0 Å². The van der Waals surface area contributed by atoms with E-state index in [1.807, 2.05) is 24.3 Å². The van der Waals surface area contributed by atoms with Gasteiger partial charge in [-0.25, -0.2) is 0 Å². The van der Waals surface area contributed by atoms with Crippen molar-refractivity contribution >= 4 is 17.5 Å². The predicted octanol–water partition coefficient (Wildman–Crippen LogP) is 3.02. The molecule has 3 nitrogen and oxygen atoms in total. The van der Waals surface area contributed by atoms with Crippen molar-refractivity contribution < 1.29 is 9.53 Å². The van der Waals surface area contributed by atoms with Crippen LogP contribution in [0.5, 0.6) is 0 Å². The number of nitrogens with one attached hydrogen (secondary N) is 1. The third kappa shape index (κ3) is 4.22. The fourth-order valence-electron chi connectivity index (χ4n) is 2.06. The standard InChI is InChI=1S/C15H20ClNO2/c1-15(2)9-13(15)14(18)17-7-8-19-10-11-3-5-12(16)6-4-11/h3-6,13H,7-10H2,1-2H3,(H,17,18). The minimum atomic E-state index is 0.153. The molecule has 19 heavy (non-hydrogen) atoms. The summed E-state index contributed by atoms with van der Waals surface area (Å²) in [4.78, 5) is 11.7. The molecule has 1 aliphatic rings. The van der Waals surface area contributed by atoms with Gasteiger partial charge in [0.15, 0.2) is 0 Å². The third-order valence-electron chi connectivity index (χ3n) is 3.56. The normalized spacial score (nSPS) is 20.1. The Labute approximate surface area is 119 Å². The highest BCUT2D eigenvalue weighted by Gasteiger charge is 2.50. The lowest BCUT2D eigenvalue weighted by Gasteiger charge is -2.07. The maximum absolute atomic E-state index is 11.7. The molecule has 1 atom stereocenters. The molecule has 0 bridgehead atoms. The van der Waals surface area contributed by atoms with Gasteiger partial charge in [-0.3, -0.25) is 4.79 Å². The SMILES string of the molecule is CC1(C)CC1C(=O)NCCOCc1ccc(Cl)cc1. The van der Waals surface area contributed by atoms with Gasteiger partial charge in [0.2, 0.25) is 5.91 Å². The minimum Gasteiger partial charge on any atom is -0.375 e. The first-order valence-electron chi connectivity index (χ1n) is 6.59. The van der Waals surface area contributed by atoms with Crippen LogP contribution in [0.4, 0.5) is 0 Å². The molecule has 0 aromatic heterocycles. The summed E-state index contributed by atoms with van der Waals surface area (Å²) in [6.07, 6.45) is 0.991. The fourth-order valence-corrected chi connectivity index (χ4v) is 2.18. The Morgan fingerprint density at radius 2 is 2.05 bits per heavy atom. The molecule has 0 aliphatic heterocycles. The Kier molecular flexibility index (Phi) is 4.48. The van der Waals surface area contributed by atoms with Crippen LogP contribution in [0.2, 0.25) is 5.02 Å². The first kappa shape index (κ1) is 14.4. The monoisotopic (exact) mass is 281 g/mol. The molecule has 104 valence electrons.